The lowest BCUT2D eigenvalue weighted by atomic mass is 9.97. The number of hydrogen-bond acceptors (Lipinski definition) is 6. The van der Waals surface area contributed by atoms with Crippen LogP contribution in [0.1, 0.15) is 50.6 Å². The van der Waals surface area contributed by atoms with Crippen molar-refractivity contribution in [2.24, 2.45) is 5.92 Å². The summed E-state index contributed by atoms with van der Waals surface area (Å²) in [4.78, 5) is 28.9. The molecule has 3 rings (SSSR count). The van der Waals surface area contributed by atoms with Crippen molar-refractivity contribution in [3.63, 3.8) is 0 Å². The molecule has 1 atom stereocenters. The topological polar surface area (TPSA) is 80.6 Å². The third-order valence-corrected chi connectivity index (χ3v) is 6.75. The number of piperidine rings is 1. The van der Waals surface area contributed by atoms with Gasteiger partial charge in [-0.3, -0.25) is 9.36 Å². The molecule has 0 saturated carbocycles. The molecule has 1 aliphatic heterocycles. The molecule has 9 heteroatoms. The normalized spacial score (nSPS) is 16.4. The number of likely N-dealkylation sites (tertiary alicyclic amines) is 1. The Morgan fingerprint density at radius 1 is 1.21 bits per heavy atom. The molecule has 186 valence electrons. The van der Waals surface area contributed by atoms with Crippen molar-refractivity contribution in [1.82, 2.24) is 24.6 Å². The summed E-state index contributed by atoms with van der Waals surface area (Å²) in [6, 6.07) is 6.29. The van der Waals surface area contributed by atoms with Crippen LogP contribution in [0.25, 0.3) is 5.69 Å². The molecule has 34 heavy (non-hydrogen) atoms. The van der Waals surface area contributed by atoms with Gasteiger partial charge in [-0.15, -0.1) is 10.2 Å². The summed E-state index contributed by atoms with van der Waals surface area (Å²) < 4.78 is 7.48. The minimum Gasteiger partial charge on any atom is -0.444 e. The molecular weight excluding hydrogens is 450 g/mol. The van der Waals surface area contributed by atoms with Crippen LogP contribution in [0.15, 0.2) is 23.4 Å². The molecule has 1 aromatic heterocycles. The first kappa shape index (κ1) is 26.1. The molecule has 0 spiro atoms. The van der Waals surface area contributed by atoms with E-state index in [9.17, 15) is 9.59 Å². The van der Waals surface area contributed by atoms with Gasteiger partial charge in [-0.2, -0.15) is 0 Å². The lowest BCUT2D eigenvalue weighted by molar-refractivity contribution is -0.130. The number of ether oxygens (including phenoxy) is 1. The molecule has 8 nitrogen and oxygen atoms in total. The van der Waals surface area contributed by atoms with Crippen molar-refractivity contribution in [3.05, 3.63) is 35.2 Å². The van der Waals surface area contributed by atoms with E-state index in [-0.39, 0.29) is 17.9 Å². The van der Waals surface area contributed by atoms with Crippen molar-refractivity contribution in [2.45, 2.75) is 65.1 Å². The number of hydrogen-bond donors (Lipinski definition) is 0. The third-order valence-electron chi connectivity index (χ3n) is 5.83. The van der Waals surface area contributed by atoms with Crippen molar-refractivity contribution < 1.29 is 14.3 Å². The van der Waals surface area contributed by atoms with E-state index in [1.54, 1.807) is 11.9 Å². The van der Waals surface area contributed by atoms with E-state index in [1.165, 1.54) is 11.8 Å². The Morgan fingerprint density at radius 3 is 2.65 bits per heavy atom. The smallest absolute Gasteiger partial charge is 0.410 e. The van der Waals surface area contributed by atoms with Crippen LogP contribution < -0.4 is 0 Å². The fourth-order valence-corrected chi connectivity index (χ4v) is 5.03. The van der Waals surface area contributed by atoms with Gasteiger partial charge in [-0.05, 0) is 77.5 Å². The van der Waals surface area contributed by atoms with Crippen LogP contribution in [0.2, 0.25) is 0 Å². The van der Waals surface area contributed by atoms with E-state index >= 15 is 0 Å². The van der Waals surface area contributed by atoms with Crippen LogP contribution in [-0.4, -0.2) is 74.6 Å². The molecule has 1 aliphatic rings. The molecule has 2 heterocycles. The maximum absolute atomic E-state index is 13.0. The summed E-state index contributed by atoms with van der Waals surface area (Å²) in [5, 5.41) is 9.31. The van der Waals surface area contributed by atoms with Gasteiger partial charge >= 0.3 is 6.09 Å². The SMILES string of the molecule is Cc1ccc(C)c(-n2c(C)nnc2SCC(=O)N2CCCC(CN(C)C(=O)OC(C)(C)C)C2)c1. The minimum atomic E-state index is -0.521. The van der Waals surface area contributed by atoms with E-state index in [0.717, 1.165) is 47.2 Å². The molecule has 1 saturated heterocycles. The molecule has 0 bridgehead atoms. The predicted octanol–water partition coefficient (Wildman–Crippen LogP) is 4.39. The van der Waals surface area contributed by atoms with E-state index in [4.69, 9.17) is 4.74 Å². The van der Waals surface area contributed by atoms with Gasteiger partial charge in [0.15, 0.2) is 5.16 Å². The highest BCUT2D eigenvalue weighted by Crippen LogP contribution is 2.26. The van der Waals surface area contributed by atoms with Crippen molar-refractivity contribution in [3.8, 4) is 5.69 Å². The highest BCUT2D eigenvalue weighted by atomic mass is 32.2. The Hall–Kier alpha value is -2.55. The van der Waals surface area contributed by atoms with Crippen LogP contribution in [0.5, 0.6) is 0 Å². The van der Waals surface area contributed by atoms with Gasteiger partial charge in [0.05, 0.1) is 11.4 Å². The molecule has 0 radical (unpaired) electrons. The van der Waals surface area contributed by atoms with E-state index < -0.39 is 5.60 Å². The number of rotatable bonds is 6. The van der Waals surface area contributed by atoms with Gasteiger partial charge < -0.3 is 14.5 Å². The second-order valence-corrected chi connectivity index (χ2v) is 11.1. The largest absolute Gasteiger partial charge is 0.444 e. The zero-order chi connectivity index (χ0) is 25.0. The maximum Gasteiger partial charge on any atom is 0.410 e. The molecule has 2 aromatic rings. The lowest BCUT2D eigenvalue weighted by Crippen LogP contribution is -2.45. The third kappa shape index (κ3) is 6.74. The Morgan fingerprint density at radius 2 is 1.94 bits per heavy atom. The number of thioether (sulfide) groups is 1. The molecule has 1 fully saturated rings. The number of carbonyl (C=O) groups excluding carboxylic acids is 2. The Labute approximate surface area is 207 Å². The summed E-state index contributed by atoms with van der Waals surface area (Å²) in [6.07, 6.45) is 1.60. The van der Waals surface area contributed by atoms with E-state index in [1.807, 2.05) is 37.2 Å². The summed E-state index contributed by atoms with van der Waals surface area (Å²) in [7, 11) is 1.76. The first-order valence-electron chi connectivity index (χ1n) is 11.8. The van der Waals surface area contributed by atoms with Gasteiger partial charge in [0.25, 0.3) is 0 Å². The van der Waals surface area contributed by atoms with Gasteiger partial charge in [-0.1, -0.05) is 23.9 Å². The predicted molar refractivity (Wildman–Crippen MR) is 134 cm³/mol. The minimum absolute atomic E-state index is 0.0859. The van der Waals surface area contributed by atoms with Gasteiger partial charge in [-0.25, -0.2) is 4.79 Å². The lowest BCUT2D eigenvalue weighted by Gasteiger charge is -2.35. The van der Waals surface area contributed by atoms with Crippen molar-refractivity contribution >= 4 is 23.8 Å². The zero-order valence-corrected chi connectivity index (χ0v) is 22.2. The molecule has 0 N–H and O–H groups in total. The second-order valence-electron chi connectivity index (χ2n) is 10.2. The van der Waals surface area contributed by atoms with Crippen molar-refractivity contribution in [1.29, 1.82) is 0 Å². The summed E-state index contributed by atoms with van der Waals surface area (Å²) in [5.41, 5.74) is 2.82. The maximum atomic E-state index is 13.0. The first-order chi connectivity index (χ1) is 15.9. The van der Waals surface area contributed by atoms with Gasteiger partial charge in [0, 0.05) is 26.7 Å². The average Bonchev–Trinajstić information content (AvgIpc) is 3.12. The van der Waals surface area contributed by atoms with Crippen molar-refractivity contribution in [2.75, 3.05) is 32.4 Å². The fourth-order valence-electron chi connectivity index (χ4n) is 4.13. The summed E-state index contributed by atoms with van der Waals surface area (Å²) in [6.45, 7) is 13.6. The number of benzene rings is 1. The molecule has 1 aromatic carbocycles. The molecular formula is C25H37N5O3S. The number of amides is 2. The molecule has 1 unspecified atom stereocenters. The second kappa shape index (κ2) is 10.8. The number of nitrogens with zero attached hydrogens (tertiary/aromatic N) is 5. The van der Waals surface area contributed by atoms with Crippen LogP contribution in [-0.2, 0) is 9.53 Å². The standard InChI is InChI=1S/C25H37N5O3S/c1-17-10-11-18(2)21(13-17)30-19(3)26-27-23(30)34-16-22(31)29-12-8-9-20(15-29)14-28(7)24(32)33-25(4,5)6/h10-11,13,20H,8-9,12,14-16H2,1-7H3. The van der Waals surface area contributed by atoms with E-state index in [0.29, 0.717) is 18.8 Å². The average molecular weight is 488 g/mol. The number of aryl methyl sites for hydroxylation is 3. The van der Waals surface area contributed by atoms with Gasteiger partial charge in [0.1, 0.15) is 11.4 Å². The fraction of sp³-hybridized carbons (Fsp3) is 0.600. The summed E-state index contributed by atoms with van der Waals surface area (Å²) in [5.74, 6) is 1.42. The van der Waals surface area contributed by atoms with Crippen LogP contribution in [0.3, 0.4) is 0 Å². The monoisotopic (exact) mass is 487 g/mol. The molecule has 2 amide bonds. The number of carbonyl (C=O) groups is 2. The van der Waals surface area contributed by atoms with Crippen LogP contribution in [0.4, 0.5) is 4.79 Å². The van der Waals surface area contributed by atoms with Gasteiger partial charge in [0.2, 0.25) is 5.91 Å². The van der Waals surface area contributed by atoms with E-state index in [2.05, 4.69) is 42.2 Å². The highest BCUT2D eigenvalue weighted by molar-refractivity contribution is 7.99. The summed E-state index contributed by atoms with van der Waals surface area (Å²) >= 11 is 1.42. The van der Waals surface area contributed by atoms with Crippen LogP contribution in [0, 0.1) is 26.7 Å². The Bertz CT molecular complexity index is 1030. The Kier molecular flexibility index (Phi) is 8.28. The molecule has 0 aliphatic carbocycles. The number of aromatic nitrogens is 3. The first-order valence-corrected chi connectivity index (χ1v) is 12.8. The zero-order valence-electron chi connectivity index (χ0n) is 21.4. The quantitative estimate of drug-likeness (QED) is 0.562. The van der Waals surface area contributed by atoms with Crippen LogP contribution >= 0.6 is 11.8 Å². The highest BCUT2D eigenvalue weighted by Gasteiger charge is 2.28. The Balaban J connectivity index is 1.60.